The minimum absolute atomic E-state index is 0.208. The van der Waals surface area contributed by atoms with E-state index in [0.29, 0.717) is 6.42 Å². The van der Waals surface area contributed by atoms with Crippen LogP contribution >= 0.6 is 0 Å². The highest BCUT2D eigenvalue weighted by Crippen LogP contribution is 2.13. The van der Waals surface area contributed by atoms with E-state index in [2.05, 4.69) is 19.1 Å². The summed E-state index contributed by atoms with van der Waals surface area (Å²) in [5, 5.41) is 10.1. The van der Waals surface area contributed by atoms with Crippen molar-refractivity contribution in [3.8, 4) is 0 Å². The number of nitrogens with zero attached hydrogens (tertiary/aromatic N) is 1. The zero-order valence-corrected chi connectivity index (χ0v) is 18.5. The molecule has 0 radical (unpaired) electrons. The van der Waals surface area contributed by atoms with E-state index in [1.807, 2.05) is 0 Å². The number of carbonyl (C=O) groups excluding carboxylic acids is 1. The maximum absolute atomic E-state index is 12.1. The van der Waals surface area contributed by atoms with Gasteiger partial charge in [0.25, 0.3) is 0 Å². The van der Waals surface area contributed by atoms with Crippen molar-refractivity contribution in [2.75, 3.05) is 0 Å². The summed E-state index contributed by atoms with van der Waals surface area (Å²) in [6.07, 6.45) is 20.6. The molecule has 3 N–H and O–H groups in total. The molecule has 0 fully saturated rings. The van der Waals surface area contributed by atoms with Gasteiger partial charge < -0.3 is 5.11 Å². The van der Waals surface area contributed by atoms with Gasteiger partial charge in [-0.2, -0.15) is 0 Å². The SMILES string of the molecule is CCCCCCCC/C=C\CCCCCCCC(=O)N(N)C(C(=O)O)C(C)C. The van der Waals surface area contributed by atoms with Crippen LogP contribution in [-0.2, 0) is 9.59 Å². The second-order valence-corrected chi connectivity index (χ2v) is 8.16. The first kappa shape index (κ1) is 26.6. The summed E-state index contributed by atoms with van der Waals surface area (Å²) in [5.41, 5.74) is 0. The average molecular weight is 397 g/mol. The molecule has 28 heavy (non-hydrogen) atoms. The van der Waals surface area contributed by atoms with Crippen LogP contribution in [0.15, 0.2) is 12.2 Å². The molecule has 0 aliphatic rings. The standard InChI is InChI=1S/C23H44N2O3/c1-4-5-6-7-8-9-10-11-12-13-14-15-16-17-18-19-21(26)25(24)22(20(2)3)23(27)28/h11-12,20,22H,4-10,13-19,24H2,1-3H3,(H,27,28)/b12-11-. The summed E-state index contributed by atoms with van der Waals surface area (Å²) in [4.78, 5) is 23.3. The molecule has 0 bridgehead atoms. The molecule has 1 unspecified atom stereocenters. The molecule has 0 saturated heterocycles. The van der Waals surface area contributed by atoms with Crippen molar-refractivity contribution in [1.29, 1.82) is 0 Å². The second-order valence-electron chi connectivity index (χ2n) is 8.16. The van der Waals surface area contributed by atoms with E-state index in [-0.39, 0.29) is 11.8 Å². The molecule has 5 nitrogen and oxygen atoms in total. The van der Waals surface area contributed by atoms with E-state index in [1.165, 1.54) is 57.8 Å². The number of hydrogen-bond acceptors (Lipinski definition) is 3. The van der Waals surface area contributed by atoms with Gasteiger partial charge >= 0.3 is 5.97 Å². The molecule has 0 aliphatic carbocycles. The van der Waals surface area contributed by atoms with Crippen LogP contribution < -0.4 is 5.84 Å². The molecule has 0 spiro atoms. The van der Waals surface area contributed by atoms with E-state index in [4.69, 9.17) is 5.84 Å². The van der Waals surface area contributed by atoms with Gasteiger partial charge in [0.15, 0.2) is 0 Å². The minimum Gasteiger partial charge on any atom is -0.480 e. The fourth-order valence-electron chi connectivity index (χ4n) is 3.36. The Kier molecular flexibility index (Phi) is 16.9. The highest BCUT2D eigenvalue weighted by molar-refractivity contribution is 5.83. The summed E-state index contributed by atoms with van der Waals surface area (Å²) >= 11 is 0. The Balaban J connectivity index is 3.60. The summed E-state index contributed by atoms with van der Waals surface area (Å²) in [7, 11) is 0. The molecule has 5 heteroatoms. The van der Waals surface area contributed by atoms with Crippen LogP contribution in [0.4, 0.5) is 0 Å². The van der Waals surface area contributed by atoms with E-state index in [9.17, 15) is 14.7 Å². The molecule has 1 atom stereocenters. The van der Waals surface area contributed by atoms with Gasteiger partial charge in [-0.05, 0) is 38.0 Å². The van der Waals surface area contributed by atoms with Crippen molar-refractivity contribution in [1.82, 2.24) is 5.01 Å². The van der Waals surface area contributed by atoms with E-state index in [0.717, 1.165) is 30.7 Å². The topological polar surface area (TPSA) is 83.6 Å². The first-order chi connectivity index (χ1) is 13.4. The van der Waals surface area contributed by atoms with Crippen LogP contribution in [0.1, 0.15) is 111 Å². The van der Waals surface area contributed by atoms with Crippen LogP contribution in [0.25, 0.3) is 0 Å². The normalized spacial score (nSPS) is 12.6. The maximum atomic E-state index is 12.1. The quantitative estimate of drug-likeness (QED) is 0.100. The van der Waals surface area contributed by atoms with Crippen molar-refractivity contribution in [2.24, 2.45) is 11.8 Å². The van der Waals surface area contributed by atoms with Crippen molar-refractivity contribution in [2.45, 2.75) is 117 Å². The number of carboxylic acids is 1. The Bertz CT molecular complexity index is 436. The second kappa shape index (κ2) is 17.7. The zero-order chi connectivity index (χ0) is 21.2. The lowest BCUT2D eigenvalue weighted by Gasteiger charge is -2.26. The summed E-state index contributed by atoms with van der Waals surface area (Å²) < 4.78 is 0. The van der Waals surface area contributed by atoms with Crippen LogP contribution in [0.5, 0.6) is 0 Å². The van der Waals surface area contributed by atoms with Crippen LogP contribution in [0.3, 0.4) is 0 Å². The molecular weight excluding hydrogens is 352 g/mol. The first-order valence-electron chi connectivity index (χ1n) is 11.4. The molecule has 164 valence electrons. The molecule has 0 saturated carbocycles. The molecule has 0 aromatic rings. The number of aliphatic carboxylic acids is 1. The van der Waals surface area contributed by atoms with Crippen LogP contribution in [0.2, 0.25) is 0 Å². The molecule has 0 aromatic heterocycles. The van der Waals surface area contributed by atoms with Gasteiger partial charge in [0.05, 0.1) is 0 Å². The minimum atomic E-state index is -1.05. The Morgan fingerprint density at radius 3 is 1.79 bits per heavy atom. The maximum Gasteiger partial charge on any atom is 0.328 e. The summed E-state index contributed by atoms with van der Waals surface area (Å²) in [6, 6.07) is -0.948. The van der Waals surface area contributed by atoms with Gasteiger partial charge in [0.1, 0.15) is 6.04 Å². The van der Waals surface area contributed by atoms with Crippen molar-refractivity contribution in [3.63, 3.8) is 0 Å². The fourth-order valence-corrected chi connectivity index (χ4v) is 3.36. The summed E-state index contributed by atoms with van der Waals surface area (Å²) in [6.45, 7) is 5.77. The number of rotatable bonds is 18. The van der Waals surface area contributed by atoms with E-state index < -0.39 is 12.0 Å². The van der Waals surface area contributed by atoms with E-state index >= 15 is 0 Å². The number of unbranched alkanes of at least 4 members (excludes halogenated alkanes) is 11. The lowest BCUT2D eigenvalue weighted by molar-refractivity contribution is -0.152. The first-order valence-corrected chi connectivity index (χ1v) is 11.4. The average Bonchev–Trinajstić information content (AvgIpc) is 2.64. The highest BCUT2D eigenvalue weighted by Gasteiger charge is 2.29. The Morgan fingerprint density at radius 2 is 1.32 bits per heavy atom. The number of nitrogens with two attached hydrogens (primary N) is 1. The van der Waals surface area contributed by atoms with Gasteiger partial charge in [0, 0.05) is 6.42 Å². The Labute approximate surface area is 172 Å². The summed E-state index contributed by atoms with van der Waals surface area (Å²) in [5.74, 6) is 4.19. The number of hydrogen-bond donors (Lipinski definition) is 2. The van der Waals surface area contributed by atoms with Crippen LogP contribution in [0, 0.1) is 5.92 Å². The van der Waals surface area contributed by atoms with Crippen LogP contribution in [-0.4, -0.2) is 28.0 Å². The van der Waals surface area contributed by atoms with Crippen molar-refractivity contribution < 1.29 is 14.7 Å². The number of hydrazine groups is 1. The number of carboxylic acid groups (broad SMARTS) is 1. The predicted octanol–water partition coefficient (Wildman–Crippen LogP) is 5.84. The van der Waals surface area contributed by atoms with Gasteiger partial charge in [-0.3, -0.25) is 9.80 Å². The molecular formula is C23H44N2O3. The molecule has 0 heterocycles. The third-order valence-corrected chi connectivity index (χ3v) is 5.12. The smallest absolute Gasteiger partial charge is 0.328 e. The van der Waals surface area contributed by atoms with E-state index in [1.54, 1.807) is 13.8 Å². The number of amides is 1. The number of carbonyl (C=O) groups is 2. The van der Waals surface area contributed by atoms with Gasteiger partial charge in [-0.1, -0.05) is 84.3 Å². The van der Waals surface area contributed by atoms with Gasteiger partial charge in [-0.15, -0.1) is 0 Å². The molecule has 0 rings (SSSR count). The van der Waals surface area contributed by atoms with Crippen molar-refractivity contribution in [3.05, 3.63) is 12.2 Å². The zero-order valence-electron chi connectivity index (χ0n) is 18.5. The lowest BCUT2D eigenvalue weighted by Crippen LogP contribution is -2.52. The van der Waals surface area contributed by atoms with Crippen molar-refractivity contribution >= 4 is 11.9 Å². The van der Waals surface area contributed by atoms with Gasteiger partial charge in [-0.25, -0.2) is 10.6 Å². The molecule has 1 amide bonds. The lowest BCUT2D eigenvalue weighted by atomic mass is 10.0. The fraction of sp³-hybridized carbons (Fsp3) is 0.826. The number of allylic oxidation sites excluding steroid dienone is 2. The third kappa shape index (κ3) is 13.8. The predicted molar refractivity (Wildman–Crippen MR) is 117 cm³/mol. The molecule has 0 aromatic carbocycles. The molecule has 0 aliphatic heterocycles. The monoisotopic (exact) mass is 396 g/mol. The Hall–Kier alpha value is -1.36. The Morgan fingerprint density at radius 1 is 0.857 bits per heavy atom. The van der Waals surface area contributed by atoms with Gasteiger partial charge in [0.2, 0.25) is 5.91 Å². The highest BCUT2D eigenvalue weighted by atomic mass is 16.4. The third-order valence-electron chi connectivity index (χ3n) is 5.12. The largest absolute Gasteiger partial charge is 0.480 e.